The van der Waals surface area contributed by atoms with Crippen molar-refractivity contribution in [2.75, 3.05) is 5.32 Å². The summed E-state index contributed by atoms with van der Waals surface area (Å²) in [6.45, 7) is 3.30. The number of nitrogens with zero attached hydrogens (tertiary/aromatic N) is 2. The summed E-state index contributed by atoms with van der Waals surface area (Å²) in [4.78, 5) is 11.3. The normalized spacial score (nSPS) is 12.8. The molecule has 1 heterocycles. The van der Waals surface area contributed by atoms with Crippen LogP contribution in [0.3, 0.4) is 0 Å². The quantitative estimate of drug-likeness (QED) is 0.770. The van der Waals surface area contributed by atoms with Crippen LogP contribution in [-0.2, 0) is 14.8 Å². The Labute approximate surface area is 137 Å². The van der Waals surface area contributed by atoms with Crippen LogP contribution in [0.25, 0.3) is 0 Å². The maximum Gasteiger partial charge on any atom is 0.270 e. The van der Waals surface area contributed by atoms with Crippen LogP contribution in [0.2, 0.25) is 0 Å². The molecule has 10 heteroatoms. The van der Waals surface area contributed by atoms with Crippen LogP contribution in [0, 0.1) is 5.82 Å². The van der Waals surface area contributed by atoms with E-state index < -0.39 is 21.9 Å². The number of hydrogen-bond donors (Lipinski definition) is 2. The number of halogens is 1. The molecule has 0 unspecified atom stereocenters. The van der Waals surface area contributed by atoms with Crippen molar-refractivity contribution < 1.29 is 17.6 Å². The van der Waals surface area contributed by atoms with Crippen molar-refractivity contribution in [3.8, 4) is 0 Å². The van der Waals surface area contributed by atoms with E-state index in [4.69, 9.17) is 0 Å². The van der Waals surface area contributed by atoms with Gasteiger partial charge >= 0.3 is 0 Å². The molecule has 0 saturated heterocycles. The second-order valence-corrected chi connectivity index (χ2v) is 7.53. The van der Waals surface area contributed by atoms with Crippen molar-refractivity contribution >= 4 is 32.4 Å². The molecule has 23 heavy (non-hydrogen) atoms. The van der Waals surface area contributed by atoms with Gasteiger partial charge in [-0.25, -0.2) is 17.5 Å². The number of carbonyl (C=O) groups is 1. The second-order valence-electron chi connectivity index (χ2n) is 4.67. The molecule has 2 aromatic rings. The first-order chi connectivity index (χ1) is 10.8. The first kappa shape index (κ1) is 17.4. The molecule has 0 aliphatic rings. The first-order valence-electron chi connectivity index (χ1n) is 6.73. The first-order valence-corrected chi connectivity index (χ1v) is 9.03. The van der Waals surface area contributed by atoms with Crippen molar-refractivity contribution in [2.24, 2.45) is 0 Å². The van der Waals surface area contributed by atoms with Gasteiger partial charge in [-0.1, -0.05) is 30.4 Å². The highest BCUT2D eigenvalue weighted by molar-refractivity contribution is 7.91. The molecule has 0 bridgehead atoms. The van der Waals surface area contributed by atoms with E-state index in [0.29, 0.717) is 5.56 Å². The lowest BCUT2D eigenvalue weighted by Crippen LogP contribution is -2.26. The molecule has 1 aromatic carbocycles. The summed E-state index contributed by atoms with van der Waals surface area (Å²) in [5.74, 6) is -0.679. The Morgan fingerprint density at radius 2 is 1.96 bits per heavy atom. The minimum Gasteiger partial charge on any atom is -0.301 e. The fraction of sp³-hybridized carbons (Fsp3) is 0.308. The van der Waals surface area contributed by atoms with Crippen LogP contribution in [-0.4, -0.2) is 24.5 Å². The molecular formula is C13H15FN4O3S2. The Morgan fingerprint density at radius 1 is 1.30 bits per heavy atom. The maximum absolute atomic E-state index is 12.9. The summed E-state index contributed by atoms with van der Waals surface area (Å²) >= 11 is 0.759. The molecule has 0 saturated carbocycles. The summed E-state index contributed by atoms with van der Waals surface area (Å²) in [7, 11) is -3.89. The number of nitrogens with one attached hydrogen (secondary N) is 2. The number of amides is 1. The molecule has 124 valence electrons. The molecule has 0 spiro atoms. The number of anilines is 1. The predicted octanol–water partition coefficient (Wildman–Crippen LogP) is 2.07. The average molecular weight is 358 g/mol. The average Bonchev–Trinajstić information content (AvgIpc) is 2.96. The standard InChI is InChI=1S/C13H15FN4O3S2/c1-3-11(19)15-12-16-17-13(22-12)23(20,21)18-8(2)9-4-6-10(14)7-5-9/h4-8,18H,3H2,1-2H3,(H,15,16,19)/t8-/m0/s1. The number of sulfonamides is 1. The van der Waals surface area contributed by atoms with E-state index in [1.54, 1.807) is 13.8 Å². The SMILES string of the molecule is CCC(=O)Nc1nnc(S(=O)(=O)N[C@@H](C)c2ccc(F)cc2)s1. The zero-order valence-corrected chi connectivity index (χ0v) is 14.0. The Hall–Kier alpha value is -1.91. The summed E-state index contributed by atoms with van der Waals surface area (Å²) in [5, 5.41) is 9.77. The van der Waals surface area contributed by atoms with Crippen molar-refractivity contribution in [1.29, 1.82) is 0 Å². The molecule has 0 aliphatic carbocycles. The predicted molar refractivity (Wildman–Crippen MR) is 84.0 cm³/mol. The summed E-state index contributed by atoms with van der Waals surface area (Å²) < 4.78 is 39.6. The van der Waals surface area contributed by atoms with E-state index in [9.17, 15) is 17.6 Å². The van der Waals surface area contributed by atoms with Crippen LogP contribution in [0.1, 0.15) is 31.9 Å². The van der Waals surface area contributed by atoms with Gasteiger partial charge in [-0.05, 0) is 24.6 Å². The third-order valence-corrected chi connectivity index (χ3v) is 5.65. The van der Waals surface area contributed by atoms with Crippen LogP contribution in [0.4, 0.5) is 9.52 Å². The number of hydrogen-bond acceptors (Lipinski definition) is 6. The third kappa shape index (κ3) is 4.53. The zero-order valence-electron chi connectivity index (χ0n) is 12.4. The highest BCUT2D eigenvalue weighted by atomic mass is 32.2. The molecule has 0 fully saturated rings. The van der Waals surface area contributed by atoms with E-state index in [0.717, 1.165) is 11.3 Å². The molecule has 1 amide bonds. The maximum atomic E-state index is 12.9. The van der Waals surface area contributed by atoms with Crippen molar-refractivity contribution in [1.82, 2.24) is 14.9 Å². The smallest absolute Gasteiger partial charge is 0.270 e. The van der Waals surface area contributed by atoms with E-state index in [-0.39, 0.29) is 21.8 Å². The van der Waals surface area contributed by atoms with Gasteiger partial charge in [-0.3, -0.25) is 4.79 Å². The van der Waals surface area contributed by atoms with Gasteiger partial charge in [-0.15, -0.1) is 10.2 Å². The van der Waals surface area contributed by atoms with Crippen LogP contribution in [0.15, 0.2) is 28.6 Å². The Morgan fingerprint density at radius 3 is 2.57 bits per heavy atom. The van der Waals surface area contributed by atoms with E-state index >= 15 is 0 Å². The minimum atomic E-state index is -3.89. The Balaban J connectivity index is 2.12. The zero-order chi connectivity index (χ0) is 17.0. The van der Waals surface area contributed by atoms with Gasteiger partial charge in [0.05, 0.1) is 0 Å². The van der Waals surface area contributed by atoms with Crippen molar-refractivity contribution in [2.45, 2.75) is 30.6 Å². The lowest BCUT2D eigenvalue weighted by molar-refractivity contribution is -0.115. The molecule has 2 N–H and O–H groups in total. The topological polar surface area (TPSA) is 101 Å². The molecule has 1 atom stereocenters. The molecule has 0 aliphatic heterocycles. The number of aromatic nitrogens is 2. The van der Waals surface area contributed by atoms with E-state index in [2.05, 4.69) is 20.2 Å². The minimum absolute atomic E-state index is 0.117. The van der Waals surface area contributed by atoms with Gasteiger partial charge in [-0.2, -0.15) is 0 Å². The van der Waals surface area contributed by atoms with Crippen molar-refractivity contribution in [3.63, 3.8) is 0 Å². The van der Waals surface area contributed by atoms with Gasteiger partial charge in [0.25, 0.3) is 10.0 Å². The Bertz CT molecular complexity index is 790. The largest absolute Gasteiger partial charge is 0.301 e. The van der Waals surface area contributed by atoms with Gasteiger partial charge in [0.15, 0.2) is 0 Å². The van der Waals surface area contributed by atoms with Gasteiger partial charge in [0.2, 0.25) is 15.4 Å². The highest BCUT2D eigenvalue weighted by Gasteiger charge is 2.23. The highest BCUT2D eigenvalue weighted by Crippen LogP contribution is 2.22. The monoisotopic (exact) mass is 358 g/mol. The van der Waals surface area contributed by atoms with E-state index in [1.165, 1.54) is 24.3 Å². The van der Waals surface area contributed by atoms with Crippen LogP contribution < -0.4 is 10.0 Å². The molecule has 2 rings (SSSR count). The van der Waals surface area contributed by atoms with Gasteiger partial charge in [0.1, 0.15) is 5.82 Å². The molecule has 0 radical (unpaired) electrons. The third-order valence-electron chi connectivity index (χ3n) is 2.91. The number of rotatable bonds is 6. The Kier molecular flexibility index (Phi) is 5.39. The number of carbonyl (C=O) groups excluding carboxylic acids is 1. The lowest BCUT2D eigenvalue weighted by Gasteiger charge is -2.12. The van der Waals surface area contributed by atoms with Gasteiger partial charge < -0.3 is 5.32 Å². The second kappa shape index (κ2) is 7.11. The van der Waals surface area contributed by atoms with Crippen LogP contribution >= 0.6 is 11.3 Å². The van der Waals surface area contributed by atoms with Gasteiger partial charge in [0, 0.05) is 12.5 Å². The summed E-state index contributed by atoms with van der Waals surface area (Å²) in [6, 6.07) is 4.93. The summed E-state index contributed by atoms with van der Waals surface area (Å²) in [5.41, 5.74) is 0.610. The molecule has 1 aromatic heterocycles. The fourth-order valence-corrected chi connectivity index (χ4v) is 3.84. The fourth-order valence-electron chi connectivity index (χ4n) is 1.68. The molecule has 7 nitrogen and oxygen atoms in total. The van der Waals surface area contributed by atoms with Crippen molar-refractivity contribution in [3.05, 3.63) is 35.6 Å². The summed E-state index contributed by atoms with van der Waals surface area (Å²) in [6.07, 6.45) is 0.252. The van der Waals surface area contributed by atoms with E-state index in [1.807, 2.05) is 0 Å². The lowest BCUT2D eigenvalue weighted by atomic mass is 10.1. The van der Waals surface area contributed by atoms with Crippen LogP contribution in [0.5, 0.6) is 0 Å². The number of benzene rings is 1. The molecular weight excluding hydrogens is 343 g/mol.